The molecule has 26 heavy (non-hydrogen) atoms. The Morgan fingerprint density at radius 1 is 1.15 bits per heavy atom. The van der Waals surface area contributed by atoms with Crippen LogP contribution in [0.2, 0.25) is 0 Å². The number of nitrogens with zero attached hydrogens (tertiary/aromatic N) is 1. The topological polar surface area (TPSA) is 75.7 Å². The molecule has 0 radical (unpaired) electrons. The lowest BCUT2D eigenvalue weighted by Crippen LogP contribution is -2.35. The molecule has 0 saturated carbocycles. The van der Waals surface area contributed by atoms with Crippen molar-refractivity contribution in [1.82, 2.24) is 4.31 Å². The lowest BCUT2D eigenvalue weighted by atomic mass is 10.2. The Labute approximate surface area is 157 Å². The van der Waals surface area contributed by atoms with Gasteiger partial charge in [-0.15, -0.1) is 0 Å². The number of piperidine rings is 1. The summed E-state index contributed by atoms with van der Waals surface area (Å²) < 4.78 is 32.8. The molecule has 1 N–H and O–H groups in total. The van der Waals surface area contributed by atoms with Crippen LogP contribution in [-0.2, 0) is 14.8 Å². The van der Waals surface area contributed by atoms with Gasteiger partial charge >= 0.3 is 0 Å². The van der Waals surface area contributed by atoms with Crippen molar-refractivity contribution in [3.05, 3.63) is 18.2 Å². The van der Waals surface area contributed by atoms with E-state index in [0.717, 1.165) is 38.5 Å². The van der Waals surface area contributed by atoms with Crippen LogP contribution in [0.5, 0.6) is 5.75 Å². The Morgan fingerprint density at radius 3 is 2.54 bits per heavy atom. The molecule has 1 aromatic rings. The summed E-state index contributed by atoms with van der Waals surface area (Å²) in [6, 6.07) is 4.70. The summed E-state index contributed by atoms with van der Waals surface area (Å²) in [6.07, 6.45) is 6.11. The standard InChI is InChI=1S/C19H30N2O4S/c1-3-5-7-10-19(22)20-17-15-16(11-12-18(17)25-4-2)26(23,24)21-13-8-6-9-14-21/h11-12,15H,3-10,13-14H2,1-2H3,(H,20,22). The molecular formula is C19H30N2O4S. The number of anilines is 1. The van der Waals surface area contributed by atoms with Gasteiger partial charge in [0.15, 0.2) is 0 Å². The van der Waals surface area contributed by atoms with Crippen LogP contribution in [0.3, 0.4) is 0 Å². The molecule has 6 nitrogen and oxygen atoms in total. The summed E-state index contributed by atoms with van der Waals surface area (Å²) in [4.78, 5) is 12.4. The number of carbonyl (C=O) groups is 1. The van der Waals surface area contributed by atoms with Crippen molar-refractivity contribution in [1.29, 1.82) is 0 Å². The Kier molecular flexibility index (Phi) is 7.90. The predicted molar refractivity (Wildman–Crippen MR) is 103 cm³/mol. The van der Waals surface area contributed by atoms with Gasteiger partial charge in [-0.25, -0.2) is 8.42 Å². The molecule has 0 aromatic heterocycles. The van der Waals surface area contributed by atoms with Crippen LogP contribution in [0, 0.1) is 0 Å². The number of hydrogen-bond acceptors (Lipinski definition) is 4. The molecule has 2 rings (SSSR count). The molecule has 0 spiro atoms. The van der Waals surface area contributed by atoms with E-state index in [1.54, 1.807) is 12.1 Å². The zero-order valence-electron chi connectivity index (χ0n) is 15.8. The van der Waals surface area contributed by atoms with E-state index in [1.807, 2.05) is 6.92 Å². The molecule has 0 unspecified atom stereocenters. The molecule has 1 aliphatic heterocycles. The summed E-state index contributed by atoms with van der Waals surface area (Å²) in [5.74, 6) is 0.376. The Balaban J connectivity index is 2.22. The van der Waals surface area contributed by atoms with Gasteiger partial charge in [0.05, 0.1) is 17.2 Å². The van der Waals surface area contributed by atoms with Crippen molar-refractivity contribution < 1.29 is 17.9 Å². The molecule has 1 aromatic carbocycles. The van der Waals surface area contributed by atoms with Crippen LogP contribution in [0.25, 0.3) is 0 Å². The zero-order valence-corrected chi connectivity index (χ0v) is 16.6. The highest BCUT2D eigenvalue weighted by molar-refractivity contribution is 7.89. The molecule has 1 amide bonds. The minimum absolute atomic E-state index is 0.119. The number of rotatable bonds is 9. The monoisotopic (exact) mass is 382 g/mol. The fourth-order valence-corrected chi connectivity index (χ4v) is 4.60. The van der Waals surface area contributed by atoms with Gasteiger partial charge in [0, 0.05) is 19.5 Å². The van der Waals surface area contributed by atoms with E-state index >= 15 is 0 Å². The molecule has 1 aliphatic rings. The van der Waals surface area contributed by atoms with Crippen LogP contribution in [0.1, 0.15) is 58.8 Å². The Hall–Kier alpha value is -1.60. The third-order valence-electron chi connectivity index (χ3n) is 4.49. The lowest BCUT2D eigenvalue weighted by molar-refractivity contribution is -0.116. The summed E-state index contributed by atoms with van der Waals surface area (Å²) in [6.45, 7) is 5.48. The van der Waals surface area contributed by atoms with Gasteiger partial charge in [0.25, 0.3) is 0 Å². The normalized spacial score (nSPS) is 15.6. The number of nitrogens with one attached hydrogen (secondary N) is 1. The fourth-order valence-electron chi connectivity index (χ4n) is 3.05. The number of sulfonamides is 1. The first kappa shape index (κ1) is 20.7. The zero-order chi connectivity index (χ0) is 19.0. The van der Waals surface area contributed by atoms with Gasteiger partial charge in [-0.2, -0.15) is 4.31 Å². The maximum Gasteiger partial charge on any atom is 0.243 e. The van der Waals surface area contributed by atoms with Gasteiger partial charge < -0.3 is 10.1 Å². The van der Waals surface area contributed by atoms with Gasteiger partial charge in [-0.05, 0) is 44.4 Å². The van der Waals surface area contributed by atoms with Crippen LogP contribution >= 0.6 is 0 Å². The lowest BCUT2D eigenvalue weighted by Gasteiger charge is -2.26. The molecule has 0 bridgehead atoms. The third kappa shape index (κ3) is 5.45. The highest BCUT2D eigenvalue weighted by Gasteiger charge is 2.27. The maximum absolute atomic E-state index is 12.9. The predicted octanol–water partition coefficient (Wildman–Crippen LogP) is 3.78. The molecule has 0 aliphatic carbocycles. The molecule has 1 fully saturated rings. The average molecular weight is 383 g/mol. The molecule has 1 saturated heterocycles. The number of unbranched alkanes of at least 4 members (excludes halogenated alkanes) is 2. The van der Waals surface area contributed by atoms with Crippen molar-refractivity contribution in [3.8, 4) is 5.75 Å². The molecular weight excluding hydrogens is 352 g/mol. The Morgan fingerprint density at radius 2 is 1.88 bits per heavy atom. The van der Waals surface area contributed by atoms with Crippen molar-refractivity contribution in [2.24, 2.45) is 0 Å². The summed E-state index contributed by atoms with van der Waals surface area (Å²) >= 11 is 0. The van der Waals surface area contributed by atoms with E-state index in [0.29, 0.717) is 37.6 Å². The minimum atomic E-state index is -3.55. The van der Waals surface area contributed by atoms with E-state index in [4.69, 9.17) is 4.74 Å². The van der Waals surface area contributed by atoms with Gasteiger partial charge in [-0.1, -0.05) is 26.2 Å². The van der Waals surface area contributed by atoms with Gasteiger partial charge in [0.1, 0.15) is 5.75 Å². The molecule has 146 valence electrons. The number of ether oxygens (including phenoxy) is 1. The number of carbonyl (C=O) groups excluding carboxylic acids is 1. The van der Waals surface area contributed by atoms with Gasteiger partial charge in [0.2, 0.25) is 15.9 Å². The van der Waals surface area contributed by atoms with Crippen LogP contribution < -0.4 is 10.1 Å². The molecule has 0 atom stereocenters. The third-order valence-corrected chi connectivity index (χ3v) is 6.38. The highest BCUT2D eigenvalue weighted by Crippen LogP contribution is 2.30. The van der Waals surface area contributed by atoms with Crippen molar-refractivity contribution in [3.63, 3.8) is 0 Å². The smallest absolute Gasteiger partial charge is 0.243 e. The maximum atomic E-state index is 12.9. The second-order valence-electron chi connectivity index (χ2n) is 6.56. The summed E-state index contributed by atoms with van der Waals surface area (Å²) in [5, 5.41) is 2.82. The molecule has 7 heteroatoms. The molecule has 1 heterocycles. The SMILES string of the molecule is CCCCCC(=O)Nc1cc(S(=O)(=O)N2CCCCC2)ccc1OCC. The van der Waals surface area contributed by atoms with E-state index in [1.165, 1.54) is 10.4 Å². The van der Waals surface area contributed by atoms with Crippen LogP contribution in [0.15, 0.2) is 23.1 Å². The summed E-state index contributed by atoms with van der Waals surface area (Å²) in [5.41, 5.74) is 0.423. The highest BCUT2D eigenvalue weighted by atomic mass is 32.2. The quantitative estimate of drug-likeness (QED) is 0.660. The second kappa shape index (κ2) is 9.92. The van der Waals surface area contributed by atoms with E-state index in [-0.39, 0.29) is 10.8 Å². The fraction of sp³-hybridized carbons (Fsp3) is 0.632. The minimum Gasteiger partial charge on any atom is -0.492 e. The number of benzene rings is 1. The van der Waals surface area contributed by atoms with E-state index in [2.05, 4.69) is 12.2 Å². The van der Waals surface area contributed by atoms with E-state index < -0.39 is 10.0 Å². The largest absolute Gasteiger partial charge is 0.492 e. The first-order chi connectivity index (χ1) is 12.5. The van der Waals surface area contributed by atoms with Crippen LogP contribution in [-0.4, -0.2) is 38.3 Å². The van der Waals surface area contributed by atoms with Crippen molar-refractivity contribution in [2.75, 3.05) is 25.0 Å². The van der Waals surface area contributed by atoms with Crippen LogP contribution in [0.4, 0.5) is 5.69 Å². The second-order valence-corrected chi connectivity index (χ2v) is 8.50. The van der Waals surface area contributed by atoms with E-state index in [9.17, 15) is 13.2 Å². The average Bonchev–Trinajstić information content (AvgIpc) is 2.64. The van der Waals surface area contributed by atoms with Gasteiger partial charge in [-0.3, -0.25) is 4.79 Å². The first-order valence-electron chi connectivity index (χ1n) is 9.56. The Bertz CT molecular complexity index is 697. The first-order valence-corrected chi connectivity index (χ1v) is 11.0. The number of hydrogen-bond donors (Lipinski definition) is 1. The van der Waals surface area contributed by atoms with Crippen molar-refractivity contribution in [2.45, 2.75) is 63.7 Å². The van der Waals surface area contributed by atoms with Crippen molar-refractivity contribution >= 4 is 21.6 Å². The summed E-state index contributed by atoms with van der Waals surface area (Å²) in [7, 11) is -3.55. The number of amides is 1.